The van der Waals surface area contributed by atoms with E-state index in [9.17, 15) is 13.2 Å². The predicted octanol–water partition coefficient (Wildman–Crippen LogP) is 8.01. The molecule has 0 bridgehead atoms. The minimum absolute atomic E-state index is 0.0232. The van der Waals surface area contributed by atoms with E-state index >= 15 is 0 Å². The second kappa shape index (κ2) is 13.8. The standard InChI is InChI=1S/C30H27Cl3N2O3S2/c1-21-6-14-26(15-7-21)40(37,38)35(19-22-8-11-24(31)12-9-22)29-5-3-2-4-27(29)30(36)34-16-17-39-20-23-10-13-25(32)18-28(23)33/h2-15,18H,16-17,19-20H2,1H3,(H,34,36). The SMILES string of the molecule is Cc1ccc(S(=O)(=O)N(Cc2ccc(Cl)cc2)c2ccccc2C(=O)NCCSCc2ccc(Cl)cc2Cl)cc1. The van der Waals surface area contributed by atoms with Crippen molar-refractivity contribution >= 4 is 68.2 Å². The van der Waals surface area contributed by atoms with Gasteiger partial charge < -0.3 is 5.32 Å². The molecule has 0 heterocycles. The second-order valence-corrected chi connectivity index (χ2v) is 13.3. The lowest BCUT2D eigenvalue weighted by atomic mass is 10.1. The van der Waals surface area contributed by atoms with Crippen LogP contribution in [0.25, 0.3) is 0 Å². The summed E-state index contributed by atoms with van der Waals surface area (Å²) in [5, 5.41) is 4.66. The van der Waals surface area contributed by atoms with Crippen LogP contribution in [0.5, 0.6) is 0 Å². The van der Waals surface area contributed by atoms with E-state index in [1.165, 1.54) is 4.31 Å². The molecule has 208 valence electrons. The predicted molar refractivity (Wildman–Crippen MR) is 167 cm³/mol. The van der Waals surface area contributed by atoms with Crippen LogP contribution in [0.3, 0.4) is 0 Å². The van der Waals surface area contributed by atoms with E-state index in [1.54, 1.807) is 96.7 Å². The number of nitrogens with zero attached hydrogens (tertiary/aromatic N) is 1. The fourth-order valence-electron chi connectivity index (χ4n) is 3.93. The van der Waals surface area contributed by atoms with Gasteiger partial charge in [0.15, 0.2) is 0 Å². The molecule has 1 amide bonds. The Labute approximate surface area is 254 Å². The number of hydrogen-bond donors (Lipinski definition) is 1. The number of anilines is 1. The van der Waals surface area contributed by atoms with Gasteiger partial charge in [0.25, 0.3) is 15.9 Å². The molecule has 10 heteroatoms. The molecule has 0 aliphatic heterocycles. The lowest BCUT2D eigenvalue weighted by Crippen LogP contribution is -2.34. The summed E-state index contributed by atoms with van der Waals surface area (Å²) in [6, 6.07) is 25.7. The lowest BCUT2D eigenvalue weighted by Gasteiger charge is -2.27. The summed E-state index contributed by atoms with van der Waals surface area (Å²) < 4.78 is 29.1. The molecule has 4 aromatic rings. The first kappa shape index (κ1) is 30.3. The highest BCUT2D eigenvalue weighted by Crippen LogP contribution is 2.30. The average Bonchev–Trinajstić information content (AvgIpc) is 2.93. The first-order valence-electron chi connectivity index (χ1n) is 12.4. The van der Waals surface area contributed by atoms with Crippen LogP contribution in [0.1, 0.15) is 27.0 Å². The number of halogens is 3. The Morgan fingerprint density at radius 3 is 2.25 bits per heavy atom. The maximum atomic E-state index is 13.9. The summed E-state index contributed by atoms with van der Waals surface area (Å²) in [6.45, 7) is 2.31. The number of carbonyl (C=O) groups excluding carboxylic acids is 1. The molecular weight excluding hydrogens is 607 g/mol. The normalized spacial score (nSPS) is 11.3. The molecular formula is C30H27Cl3N2O3S2. The highest BCUT2D eigenvalue weighted by atomic mass is 35.5. The quantitative estimate of drug-likeness (QED) is 0.170. The van der Waals surface area contributed by atoms with E-state index in [1.807, 2.05) is 13.0 Å². The van der Waals surface area contributed by atoms with Crippen LogP contribution in [0, 0.1) is 6.92 Å². The Balaban J connectivity index is 1.54. The van der Waals surface area contributed by atoms with Crippen LogP contribution >= 0.6 is 46.6 Å². The molecule has 0 radical (unpaired) electrons. The molecule has 0 unspecified atom stereocenters. The second-order valence-electron chi connectivity index (χ2n) is 9.01. The third kappa shape index (κ3) is 7.74. The van der Waals surface area contributed by atoms with Crippen molar-refractivity contribution in [1.82, 2.24) is 5.32 Å². The zero-order valence-electron chi connectivity index (χ0n) is 21.6. The highest BCUT2D eigenvalue weighted by molar-refractivity contribution is 7.98. The van der Waals surface area contributed by atoms with Crippen LogP contribution in [0.4, 0.5) is 5.69 Å². The van der Waals surface area contributed by atoms with Gasteiger partial charge in [-0.15, -0.1) is 0 Å². The van der Waals surface area contributed by atoms with Gasteiger partial charge in [-0.1, -0.05) is 82.8 Å². The molecule has 0 saturated carbocycles. The summed E-state index contributed by atoms with van der Waals surface area (Å²) in [4.78, 5) is 13.4. The van der Waals surface area contributed by atoms with E-state index in [2.05, 4.69) is 5.32 Å². The maximum Gasteiger partial charge on any atom is 0.264 e. The zero-order chi connectivity index (χ0) is 28.7. The smallest absolute Gasteiger partial charge is 0.264 e. The molecule has 0 aliphatic rings. The maximum absolute atomic E-state index is 13.9. The van der Waals surface area contributed by atoms with Gasteiger partial charge in [0.2, 0.25) is 0 Å². The molecule has 0 aliphatic carbocycles. The molecule has 4 aromatic carbocycles. The van der Waals surface area contributed by atoms with Crippen molar-refractivity contribution in [3.05, 3.63) is 128 Å². The number of rotatable bonds is 11. The van der Waals surface area contributed by atoms with E-state index in [4.69, 9.17) is 34.8 Å². The largest absolute Gasteiger partial charge is 0.351 e. The summed E-state index contributed by atoms with van der Waals surface area (Å²) in [7, 11) is -4.01. The van der Waals surface area contributed by atoms with Crippen LogP contribution in [-0.2, 0) is 22.3 Å². The average molecular weight is 634 g/mol. The van der Waals surface area contributed by atoms with Crippen molar-refractivity contribution in [2.45, 2.75) is 24.1 Å². The summed E-state index contributed by atoms with van der Waals surface area (Å²) >= 11 is 19.9. The fourth-order valence-corrected chi connectivity index (χ4v) is 6.94. The van der Waals surface area contributed by atoms with E-state index in [0.29, 0.717) is 33.1 Å². The van der Waals surface area contributed by atoms with Crippen LogP contribution in [0.2, 0.25) is 15.1 Å². The van der Waals surface area contributed by atoms with Gasteiger partial charge in [0, 0.05) is 33.1 Å². The molecule has 0 saturated heterocycles. The van der Waals surface area contributed by atoms with Crippen LogP contribution in [-0.4, -0.2) is 26.6 Å². The number of nitrogens with one attached hydrogen (secondary N) is 1. The molecule has 40 heavy (non-hydrogen) atoms. The van der Waals surface area contributed by atoms with E-state index in [-0.39, 0.29) is 28.6 Å². The Morgan fingerprint density at radius 1 is 0.875 bits per heavy atom. The Bertz CT molecular complexity index is 1580. The van der Waals surface area contributed by atoms with Gasteiger partial charge in [0.05, 0.1) is 22.7 Å². The number of thioether (sulfide) groups is 1. The molecule has 0 fully saturated rings. The van der Waals surface area contributed by atoms with Crippen molar-refractivity contribution in [3.63, 3.8) is 0 Å². The zero-order valence-corrected chi connectivity index (χ0v) is 25.5. The number of sulfonamides is 1. The van der Waals surface area contributed by atoms with Gasteiger partial charge in [-0.05, 0) is 66.6 Å². The van der Waals surface area contributed by atoms with Gasteiger partial charge in [-0.2, -0.15) is 11.8 Å². The number of benzene rings is 4. The third-order valence-corrected chi connectivity index (χ3v) is 9.69. The van der Waals surface area contributed by atoms with Crippen LogP contribution < -0.4 is 9.62 Å². The molecule has 4 rings (SSSR count). The highest BCUT2D eigenvalue weighted by Gasteiger charge is 2.28. The Kier molecular flexibility index (Phi) is 10.4. The van der Waals surface area contributed by atoms with Crippen molar-refractivity contribution in [1.29, 1.82) is 0 Å². The van der Waals surface area contributed by atoms with E-state index in [0.717, 1.165) is 16.7 Å². The molecule has 0 aromatic heterocycles. The van der Waals surface area contributed by atoms with Gasteiger partial charge in [-0.3, -0.25) is 9.10 Å². The molecule has 5 nitrogen and oxygen atoms in total. The van der Waals surface area contributed by atoms with Gasteiger partial charge in [0.1, 0.15) is 0 Å². The first-order chi connectivity index (χ1) is 19.1. The molecule has 0 spiro atoms. The minimum Gasteiger partial charge on any atom is -0.351 e. The minimum atomic E-state index is -4.01. The number of carbonyl (C=O) groups is 1. The summed E-state index contributed by atoms with van der Waals surface area (Å²) in [5.74, 6) is 0.954. The summed E-state index contributed by atoms with van der Waals surface area (Å²) in [6.07, 6.45) is 0. The number of amides is 1. The monoisotopic (exact) mass is 632 g/mol. The third-order valence-electron chi connectivity index (χ3n) is 6.07. The first-order valence-corrected chi connectivity index (χ1v) is 16.1. The Morgan fingerprint density at radius 2 is 1.55 bits per heavy atom. The topological polar surface area (TPSA) is 66.5 Å². The summed E-state index contributed by atoms with van der Waals surface area (Å²) in [5.41, 5.74) is 3.19. The van der Waals surface area contributed by atoms with E-state index < -0.39 is 10.0 Å². The van der Waals surface area contributed by atoms with Crippen molar-refractivity contribution in [2.75, 3.05) is 16.6 Å². The lowest BCUT2D eigenvalue weighted by molar-refractivity contribution is 0.0957. The fraction of sp³-hybridized carbons (Fsp3) is 0.167. The number of para-hydroxylation sites is 1. The van der Waals surface area contributed by atoms with Crippen molar-refractivity contribution < 1.29 is 13.2 Å². The van der Waals surface area contributed by atoms with Gasteiger partial charge in [-0.25, -0.2) is 8.42 Å². The number of hydrogen-bond acceptors (Lipinski definition) is 4. The molecule has 0 atom stereocenters. The Hall–Kier alpha value is -2.68. The van der Waals surface area contributed by atoms with Gasteiger partial charge >= 0.3 is 0 Å². The van der Waals surface area contributed by atoms with Crippen molar-refractivity contribution in [3.8, 4) is 0 Å². The van der Waals surface area contributed by atoms with Crippen molar-refractivity contribution in [2.24, 2.45) is 0 Å². The van der Waals surface area contributed by atoms with Crippen LogP contribution in [0.15, 0.2) is 95.9 Å². The molecule has 1 N–H and O–H groups in total. The number of aryl methyl sites for hydroxylation is 1.